The fourth-order valence-corrected chi connectivity index (χ4v) is 1.99. The Hall–Kier alpha value is -1.96. The molecule has 112 valence electrons. The molecule has 0 aliphatic heterocycles. The molecule has 0 aliphatic rings. The first-order valence-electron chi connectivity index (χ1n) is 6.12. The van der Waals surface area contributed by atoms with Crippen LogP contribution >= 0.6 is 11.8 Å². The predicted molar refractivity (Wildman–Crippen MR) is 77.6 cm³/mol. The van der Waals surface area contributed by atoms with Crippen LogP contribution in [0.3, 0.4) is 0 Å². The largest absolute Gasteiger partial charge is 0.370 e. The minimum Gasteiger partial charge on any atom is -0.370 e. The third kappa shape index (κ3) is 3.57. The second-order valence-corrected chi connectivity index (χ2v) is 4.78. The standard InChI is InChI=1S/C13H13F3N4S/c1-3-17-9-6-10(20-13(19-9)21-2)18-8-5-4-7(14)11(15)12(8)16/h4-6H,3H2,1-2H3,(H2,17,18,19,20). The van der Waals surface area contributed by atoms with Crippen LogP contribution in [0.2, 0.25) is 0 Å². The fraction of sp³-hybridized carbons (Fsp3) is 0.231. The summed E-state index contributed by atoms with van der Waals surface area (Å²) in [7, 11) is 0. The van der Waals surface area contributed by atoms with Crippen molar-refractivity contribution in [2.45, 2.75) is 12.1 Å². The van der Waals surface area contributed by atoms with Gasteiger partial charge < -0.3 is 10.6 Å². The van der Waals surface area contributed by atoms with Gasteiger partial charge in [-0.1, -0.05) is 11.8 Å². The van der Waals surface area contributed by atoms with Crippen LogP contribution in [0.25, 0.3) is 0 Å². The molecule has 0 radical (unpaired) electrons. The maximum absolute atomic E-state index is 13.6. The number of benzene rings is 1. The molecular formula is C13H13F3N4S. The first-order chi connectivity index (χ1) is 10.0. The molecule has 0 aliphatic carbocycles. The van der Waals surface area contributed by atoms with E-state index in [-0.39, 0.29) is 11.5 Å². The molecular weight excluding hydrogens is 301 g/mol. The summed E-state index contributed by atoms with van der Waals surface area (Å²) in [6, 6.07) is 3.52. The Morgan fingerprint density at radius 2 is 1.81 bits per heavy atom. The summed E-state index contributed by atoms with van der Waals surface area (Å²) in [6.07, 6.45) is 1.80. The van der Waals surface area contributed by atoms with Gasteiger partial charge in [0.05, 0.1) is 5.69 Å². The van der Waals surface area contributed by atoms with Crippen LogP contribution in [-0.2, 0) is 0 Å². The molecule has 2 N–H and O–H groups in total. The van der Waals surface area contributed by atoms with Gasteiger partial charge in [0.15, 0.2) is 22.6 Å². The van der Waals surface area contributed by atoms with Crippen molar-refractivity contribution in [2.24, 2.45) is 0 Å². The van der Waals surface area contributed by atoms with Gasteiger partial charge in [-0.25, -0.2) is 23.1 Å². The minimum atomic E-state index is -1.52. The first-order valence-corrected chi connectivity index (χ1v) is 7.35. The van der Waals surface area contributed by atoms with Crippen LogP contribution in [0.1, 0.15) is 6.92 Å². The summed E-state index contributed by atoms with van der Waals surface area (Å²) < 4.78 is 39.7. The Bertz CT molecular complexity index is 652. The number of thioether (sulfide) groups is 1. The molecule has 0 spiro atoms. The van der Waals surface area contributed by atoms with Crippen LogP contribution in [-0.4, -0.2) is 22.8 Å². The van der Waals surface area contributed by atoms with Gasteiger partial charge in [0.1, 0.15) is 11.6 Å². The maximum atomic E-state index is 13.6. The second-order valence-electron chi connectivity index (χ2n) is 4.00. The van der Waals surface area contributed by atoms with E-state index in [0.717, 1.165) is 12.1 Å². The normalized spacial score (nSPS) is 10.5. The van der Waals surface area contributed by atoms with Crippen molar-refractivity contribution < 1.29 is 13.2 Å². The second kappa shape index (κ2) is 6.66. The van der Waals surface area contributed by atoms with E-state index in [4.69, 9.17) is 0 Å². The van der Waals surface area contributed by atoms with Crippen LogP contribution in [0, 0.1) is 17.5 Å². The monoisotopic (exact) mass is 314 g/mol. The predicted octanol–water partition coefficient (Wildman–Crippen LogP) is 3.79. The zero-order valence-electron chi connectivity index (χ0n) is 11.4. The molecule has 0 bridgehead atoms. The molecule has 4 nitrogen and oxygen atoms in total. The highest BCUT2D eigenvalue weighted by Crippen LogP contribution is 2.25. The lowest BCUT2D eigenvalue weighted by Gasteiger charge is -2.10. The molecule has 0 amide bonds. The number of nitrogens with zero attached hydrogens (tertiary/aromatic N) is 2. The Morgan fingerprint density at radius 3 is 2.48 bits per heavy atom. The van der Waals surface area contributed by atoms with Crippen molar-refractivity contribution >= 4 is 29.1 Å². The molecule has 1 heterocycles. The Morgan fingerprint density at radius 1 is 1.10 bits per heavy atom. The molecule has 1 aromatic carbocycles. The van der Waals surface area contributed by atoms with Gasteiger partial charge in [0, 0.05) is 12.6 Å². The number of hydrogen-bond donors (Lipinski definition) is 2. The zero-order valence-corrected chi connectivity index (χ0v) is 12.2. The molecule has 2 rings (SSSR count). The maximum Gasteiger partial charge on any atom is 0.196 e. The number of nitrogens with one attached hydrogen (secondary N) is 2. The van der Waals surface area contributed by atoms with E-state index in [1.807, 2.05) is 6.92 Å². The lowest BCUT2D eigenvalue weighted by Crippen LogP contribution is -2.05. The van der Waals surface area contributed by atoms with E-state index in [0.29, 0.717) is 17.5 Å². The van der Waals surface area contributed by atoms with Gasteiger partial charge in [-0.2, -0.15) is 0 Å². The summed E-state index contributed by atoms with van der Waals surface area (Å²) >= 11 is 1.31. The molecule has 0 saturated carbocycles. The number of halogens is 3. The topological polar surface area (TPSA) is 49.8 Å². The molecule has 21 heavy (non-hydrogen) atoms. The number of hydrogen-bond acceptors (Lipinski definition) is 5. The minimum absolute atomic E-state index is 0.192. The summed E-state index contributed by atoms with van der Waals surface area (Å²) in [4.78, 5) is 8.35. The molecule has 2 aromatic rings. The van der Waals surface area contributed by atoms with Crippen molar-refractivity contribution in [1.82, 2.24) is 9.97 Å². The third-order valence-corrected chi connectivity index (χ3v) is 3.09. The molecule has 1 aromatic heterocycles. The van der Waals surface area contributed by atoms with E-state index in [1.165, 1.54) is 11.8 Å². The van der Waals surface area contributed by atoms with Crippen LogP contribution in [0.5, 0.6) is 0 Å². The van der Waals surface area contributed by atoms with E-state index in [2.05, 4.69) is 20.6 Å². The Balaban J connectivity index is 2.34. The highest BCUT2D eigenvalue weighted by atomic mass is 32.2. The van der Waals surface area contributed by atoms with Gasteiger partial charge in [-0.3, -0.25) is 0 Å². The molecule has 0 fully saturated rings. The van der Waals surface area contributed by atoms with Crippen molar-refractivity contribution in [3.63, 3.8) is 0 Å². The number of rotatable bonds is 5. The summed E-state index contributed by atoms with van der Waals surface area (Å²) in [5, 5.41) is 6.11. The van der Waals surface area contributed by atoms with E-state index in [9.17, 15) is 13.2 Å². The highest BCUT2D eigenvalue weighted by Gasteiger charge is 2.14. The van der Waals surface area contributed by atoms with Gasteiger partial charge in [-0.15, -0.1) is 0 Å². The quantitative estimate of drug-likeness (QED) is 0.499. The fourth-order valence-electron chi connectivity index (χ4n) is 1.61. The molecule has 0 saturated heterocycles. The molecule has 0 unspecified atom stereocenters. The van der Waals surface area contributed by atoms with E-state index in [1.54, 1.807) is 12.3 Å². The first kappa shape index (κ1) is 15.4. The Labute approximate surface area is 124 Å². The average Bonchev–Trinajstić information content (AvgIpc) is 2.48. The third-order valence-electron chi connectivity index (χ3n) is 2.54. The SMILES string of the molecule is CCNc1cc(Nc2ccc(F)c(F)c2F)nc(SC)n1. The van der Waals surface area contributed by atoms with Crippen LogP contribution in [0.4, 0.5) is 30.5 Å². The number of aromatic nitrogens is 2. The summed E-state index contributed by atoms with van der Waals surface area (Å²) in [5.74, 6) is -3.20. The van der Waals surface area contributed by atoms with Gasteiger partial charge >= 0.3 is 0 Å². The van der Waals surface area contributed by atoms with Crippen LogP contribution < -0.4 is 10.6 Å². The van der Waals surface area contributed by atoms with E-state index >= 15 is 0 Å². The average molecular weight is 314 g/mol. The molecule has 8 heteroatoms. The lowest BCUT2D eigenvalue weighted by molar-refractivity contribution is 0.449. The summed E-state index contributed by atoms with van der Waals surface area (Å²) in [5.41, 5.74) is -0.192. The lowest BCUT2D eigenvalue weighted by atomic mass is 10.3. The van der Waals surface area contributed by atoms with Crippen molar-refractivity contribution in [1.29, 1.82) is 0 Å². The van der Waals surface area contributed by atoms with Gasteiger partial charge in [0.25, 0.3) is 0 Å². The van der Waals surface area contributed by atoms with Gasteiger partial charge in [0.2, 0.25) is 0 Å². The summed E-state index contributed by atoms with van der Waals surface area (Å²) in [6.45, 7) is 2.56. The van der Waals surface area contributed by atoms with Crippen molar-refractivity contribution in [2.75, 3.05) is 23.4 Å². The zero-order chi connectivity index (χ0) is 15.4. The Kier molecular flexibility index (Phi) is 4.89. The van der Waals surface area contributed by atoms with Crippen LogP contribution in [0.15, 0.2) is 23.4 Å². The molecule has 0 atom stereocenters. The van der Waals surface area contributed by atoms with Crippen molar-refractivity contribution in [3.05, 3.63) is 35.7 Å². The highest BCUT2D eigenvalue weighted by molar-refractivity contribution is 7.98. The van der Waals surface area contributed by atoms with E-state index < -0.39 is 17.5 Å². The number of anilines is 3. The van der Waals surface area contributed by atoms with Gasteiger partial charge in [-0.05, 0) is 25.3 Å². The van der Waals surface area contributed by atoms with Crippen molar-refractivity contribution in [3.8, 4) is 0 Å². The smallest absolute Gasteiger partial charge is 0.196 e.